The van der Waals surface area contributed by atoms with Gasteiger partial charge in [-0.25, -0.2) is 4.39 Å². The van der Waals surface area contributed by atoms with E-state index >= 15 is 0 Å². The van der Waals surface area contributed by atoms with Gasteiger partial charge in [-0.2, -0.15) is 0 Å². The summed E-state index contributed by atoms with van der Waals surface area (Å²) < 4.78 is 13.7. The molecule has 0 unspecified atom stereocenters. The van der Waals surface area contributed by atoms with Crippen molar-refractivity contribution in [3.05, 3.63) is 76.7 Å². The number of guanidine groups is 1. The Morgan fingerprint density at radius 3 is 2.67 bits per heavy atom. The molecule has 0 fully saturated rings. The Bertz CT molecular complexity index is 1050. The van der Waals surface area contributed by atoms with Crippen molar-refractivity contribution < 1.29 is 9.18 Å². The summed E-state index contributed by atoms with van der Waals surface area (Å²) in [4.78, 5) is 24.2. The molecular formula is C23H24FN5O. The molecule has 0 aliphatic carbocycles. The summed E-state index contributed by atoms with van der Waals surface area (Å²) in [5, 5.41) is 0. The van der Waals surface area contributed by atoms with Crippen LogP contribution in [0, 0.1) is 5.82 Å². The molecule has 2 N–H and O–H groups in total. The van der Waals surface area contributed by atoms with Crippen LogP contribution in [0.25, 0.3) is 0 Å². The molecule has 0 saturated carbocycles. The maximum Gasteiger partial charge on any atom is 0.259 e. The highest BCUT2D eigenvalue weighted by molar-refractivity contribution is 6.09. The van der Waals surface area contributed by atoms with Crippen LogP contribution in [0.3, 0.4) is 0 Å². The average molecular weight is 405 g/mol. The minimum absolute atomic E-state index is 0.0202. The molecule has 3 aliphatic heterocycles. The van der Waals surface area contributed by atoms with Crippen molar-refractivity contribution in [2.24, 2.45) is 4.99 Å². The average Bonchev–Trinajstić information content (AvgIpc) is 3.23. The molecule has 5 rings (SSSR count). The van der Waals surface area contributed by atoms with Crippen molar-refractivity contribution in [1.82, 2.24) is 14.7 Å². The number of nitrogens with two attached hydrogens (primary N) is 1. The highest BCUT2D eigenvalue weighted by Gasteiger charge is 2.40. The summed E-state index contributed by atoms with van der Waals surface area (Å²) >= 11 is 0. The molecule has 7 heteroatoms. The first-order valence-corrected chi connectivity index (χ1v) is 10.3. The summed E-state index contributed by atoms with van der Waals surface area (Å²) in [6.07, 6.45) is 0.822. The second kappa shape index (κ2) is 7.57. The van der Waals surface area contributed by atoms with E-state index in [9.17, 15) is 9.18 Å². The first-order chi connectivity index (χ1) is 14.6. The van der Waals surface area contributed by atoms with E-state index in [2.05, 4.69) is 14.8 Å². The van der Waals surface area contributed by atoms with Crippen LogP contribution in [0.1, 0.15) is 17.5 Å². The largest absolute Gasteiger partial charge is 0.399 e. The zero-order valence-corrected chi connectivity index (χ0v) is 16.7. The molecule has 0 radical (unpaired) electrons. The molecule has 0 atom stereocenters. The predicted octanol–water partition coefficient (Wildman–Crippen LogP) is 2.58. The smallest absolute Gasteiger partial charge is 0.259 e. The molecule has 3 aliphatic rings. The number of fused-ring (bicyclic) bond motifs is 2. The van der Waals surface area contributed by atoms with Gasteiger partial charge in [-0.05, 0) is 35.4 Å². The zero-order chi connectivity index (χ0) is 20.7. The summed E-state index contributed by atoms with van der Waals surface area (Å²) in [6.45, 7) is 4.05. The number of carbonyl (C=O) groups is 1. The van der Waals surface area contributed by atoms with Crippen LogP contribution in [0.4, 0.5) is 10.1 Å². The van der Waals surface area contributed by atoms with E-state index < -0.39 is 0 Å². The molecule has 0 bridgehead atoms. The number of rotatable bonds is 4. The predicted molar refractivity (Wildman–Crippen MR) is 114 cm³/mol. The fraction of sp³-hybridized carbons (Fsp3) is 0.304. The number of aliphatic imine (C=N–C) groups is 1. The Labute approximate surface area is 175 Å². The lowest BCUT2D eigenvalue weighted by molar-refractivity contribution is -0.125. The molecule has 1 amide bonds. The van der Waals surface area contributed by atoms with Crippen LogP contribution in [0.15, 0.2) is 64.8 Å². The van der Waals surface area contributed by atoms with E-state index in [1.54, 1.807) is 11.0 Å². The Morgan fingerprint density at radius 1 is 1.03 bits per heavy atom. The Kier molecular flexibility index (Phi) is 4.75. The summed E-state index contributed by atoms with van der Waals surface area (Å²) in [6, 6.07) is 14.3. The van der Waals surface area contributed by atoms with Gasteiger partial charge < -0.3 is 10.6 Å². The van der Waals surface area contributed by atoms with Crippen molar-refractivity contribution in [1.29, 1.82) is 0 Å². The van der Waals surface area contributed by atoms with Crippen molar-refractivity contribution in [3.8, 4) is 0 Å². The second-order valence-electron chi connectivity index (χ2n) is 7.98. The highest BCUT2D eigenvalue weighted by atomic mass is 19.1. The lowest BCUT2D eigenvalue weighted by Crippen LogP contribution is -2.53. The van der Waals surface area contributed by atoms with Gasteiger partial charge in [-0.3, -0.25) is 19.6 Å². The van der Waals surface area contributed by atoms with Crippen molar-refractivity contribution in [2.45, 2.75) is 19.5 Å². The summed E-state index contributed by atoms with van der Waals surface area (Å²) in [5.74, 6) is 0.387. The standard InChI is InChI=1S/C23H24FN5O/c24-18-3-1-2-17(12-18)14-29-22(30)20-15-27(13-16-4-6-19(25)7-5-16)10-8-21(20)28-11-9-26-23(28)29/h1-7,12H,8-11,13-15,25H2. The van der Waals surface area contributed by atoms with Gasteiger partial charge in [0, 0.05) is 44.0 Å². The van der Waals surface area contributed by atoms with Gasteiger partial charge in [0.15, 0.2) is 0 Å². The molecule has 6 nitrogen and oxygen atoms in total. The minimum Gasteiger partial charge on any atom is -0.399 e. The third-order valence-corrected chi connectivity index (χ3v) is 5.90. The number of benzene rings is 2. The highest BCUT2D eigenvalue weighted by Crippen LogP contribution is 2.32. The fourth-order valence-corrected chi connectivity index (χ4v) is 4.45. The van der Waals surface area contributed by atoms with Crippen LogP contribution in [-0.4, -0.2) is 52.7 Å². The van der Waals surface area contributed by atoms with Crippen LogP contribution < -0.4 is 5.73 Å². The normalized spacial score (nSPS) is 19.1. The molecule has 0 saturated heterocycles. The lowest BCUT2D eigenvalue weighted by atomic mass is 10.00. The second-order valence-corrected chi connectivity index (χ2v) is 7.98. The zero-order valence-electron chi connectivity index (χ0n) is 16.7. The van der Waals surface area contributed by atoms with E-state index in [4.69, 9.17) is 5.73 Å². The number of nitrogens with zero attached hydrogens (tertiary/aromatic N) is 4. The number of hydrogen-bond acceptors (Lipinski definition) is 5. The van der Waals surface area contributed by atoms with Crippen molar-refractivity contribution >= 4 is 17.6 Å². The lowest BCUT2D eigenvalue weighted by Gasteiger charge is -2.42. The molecule has 3 heterocycles. The quantitative estimate of drug-likeness (QED) is 0.794. The number of amides is 1. The first kappa shape index (κ1) is 18.8. The van der Waals surface area contributed by atoms with Gasteiger partial charge in [-0.1, -0.05) is 24.3 Å². The molecule has 0 spiro atoms. The van der Waals surface area contributed by atoms with E-state index in [1.807, 2.05) is 30.3 Å². The number of anilines is 1. The van der Waals surface area contributed by atoms with E-state index in [-0.39, 0.29) is 11.7 Å². The maximum absolute atomic E-state index is 13.7. The molecular weight excluding hydrogens is 381 g/mol. The maximum atomic E-state index is 13.7. The number of nitrogen functional groups attached to an aromatic ring is 1. The van der Waals surface area contributed by atoms with Crippen LogP contribution >= 0.6 is 0 Å². The minimum atomic E-state index is -0.297. The molecule has 30 heavy (non-hydrogen) atoms. The Hall–Kier alpha value is -3.19. The third kappa shape index (κ3) is 3.45. The SMILES string of the molecule is Nc1ccc(CN2CCC3=C(C2)C(=O)N(Cc2cccc(F)c2)C2=NCCN23)cc1. The summed E-state index contributed by atoms with van der Waals surface area (Å²) in [7, 11) is 0. The van der Waals surface area contributed by atoms with E-state index in [0.29, 0.717) is 25.6 Å². The van der Waals surface area contributed by atoms with Gasteiger partial charge in [-0.15, -0.1) is 0 Å². The van der Waals surface area contributed by atoms with Gasteiger partial charge >= 0.3 is 0 Å². The fourth-order valence-electron chi connectivity index (χ4n) is 4.45. The molecule has 154 valence electrons. The molecule has 2 aromatic rings. The Balaban J connectivity index is 1.39. The van der Waals surface area contributed by atoms with Crippen LogP contribution in [0.2, 0.25) is 0 Å². The third-order valence-electron chi connectivity index (χ3n) is 5.90. The van der Waals surface area contributed by atoms with Crippen molar-refractivity contribution in [2.75, 3.05) is 31.9 Å². The van der Waals surface area contributed by atoms with Gasteiger partial charge in [0.05, 0.1) is 18.7 Å². The Morgan fingerprint density at radius 2 is 1.87 bits per heavy atom. The van der Waals surface area contributed by atoms with E-state index in [0.717, 1.165) is 48.6 Å². The van der Waals surface area contributed by atoms with Gasteiger partial charge in [0.2, 0.25) is 5.96 Å². The van der Waals surface area contributed by atoms with Gasteiger partial charge in [0.1, 0.15) is 5.82 Å². The van der Waals surface area contributed by atoms with E-state index in [1.165, 1.54) is 17.7 Å². The van der Waals surface area contributed by atoms with Crippen molar-refractivity contribution in [3.63, 3.8) is 0 Å². The van der Waals surface area contributed by atoms with Gasteiger partial charge in [0.25, 0.3) is 5.91 Å². The molecule has 0 aromatic heterocycles. The monoisotopic (exact) mass is 405 g/mol. The topological polar surface area (TPSA) is 65.2 Å². The first-order valence-electron chi connectivity index (χ1n) is 10.3. The molecule has 2 aromatic carbocycles. The van der Waals surface area contributed by atoms with Crippen LogP contribution in [-0.2, 0) is 17.9 Å². The number of carbonyl (C=O) groups excluding carboxylic acids is 1. The summed E-state index contributed by atoms with van der Waals surface area (Å²) in [5.41, 5.74) is 10.4. The van der Waals surface area contributed by atoms with Crippen LogP contribution in [0.5, 0.6) is 0 Å². The number of halogens is 1. The number of hydrogen-bond donors (Lipinski definition) is 1.